The number of nitrogens with zero attached hydrogens (tertiary/aromatic N) is 1. The fraction of sp³-hybridized carbons (Fsp3) is 0.318. The Bertz CT molecular complexity index is 866. The Morgan fingerprint density at radius 1 is 1.00 bits per heavy atom. The SMILES string of the molecule is O=C(CNC(=O)c1cccc(F)c1)O[C@@H](C(=O)N1CCCCC1)c1ccccc1. The van der Waals surface area contributed by atoms with Crippen molar-refractivity contribution in [3.8, 4) is 0 Å². The molecule has 1 heterocycles. The number of nitrogens with one attached hydrogen (secondary N) is 1. The van der Waals surface area contributed by atoms with E-state index in [1.165, 1.54) is 18.2 Å². The summed E-state index contributed by atoms with van der Waals surface area (Å²) in [4.78, 5) is 39.1. The van der Waals surface area contributed by atoms with Crippen LogP contribution in [0.5, 0.6) is 0 Å². The minimum absolute atomic E-state index is 0.0989. The number of halogens is 1. The van der Waals surface area contributed by atoms with Crippen LogP contribution in [0.15, 0.2) is 54.6 Å². The molecule has 7 heteroatoms. The summed E-state index contributed by atoms with van der Waals surface area (Å²) in [5.41, 5.74) is 0.676. The topological polar surface area (TPSA) is 75.7 Å². The average molecular weight is 398 g/mol. The molecule has 1 fully saturated rings. The highest BCUT2D eigenvalue weighted by molar-refractivity contribution is 5.96. The fourth-order valence-corrected chi connectivity index (χ4v) is 3.23. The van der Waals surface area contributed by atoms with Crippen LogP contribution in [0.2, 0.25) is 0 Å². The van der Waals surface area contributed by atoms with E-state index in [0.717, 1.165) is 25.3 Å². The molecule has 0 bridgehead atoms. The van der Waals surface area contributed by atoms with E-state index < -0.39 is 30.3 Å². The molecule has 6 nitrogen and oxygen atoms in total. The van der Waals surface area contributed by atoms with Crippen molar-refractivity contribution in [2.24, 2.45) is 0 Å². The van der Waals surface area contributed by atoms with Gasteiger partial charge in [0.05, 0.1) is 0 Å². The molecule has 2 aromatic rings. The first kappa shape index (κ1) is 20.5. The van der Waals surface area contributed by atoms with E-state index in [1.807, 2.05) is 6.07 Å². The van der Waals surface area contributed by atoms with Crippen molar-refractivity contribution in [1.82, 2.24) is 10.2 Å². The first-order chi connectivity index (χ1) is 14.0. The van der Waals surface area contributed by atoms with Gasteiger partial charge in [-0.2, -0.15) is 0 Å². The molecule has 0 unspecified atom stereocenters. The largest absolute Gasteiger partial charge is 0.446 e. The molecule has 1 aliphatic heterocycles. The molecule has 2 amide bonds. The molecule has 0 spiro atoms. The van der Waals surface area contributed by atoms with E-state index in [4.69, 9.17) is 4.74 Å². The van der Waals surface area contributed by atoms with E-state index >= 15 is 0 Å². The van der Waals surface area contributed by atoms with Gasteiger partial charge in [0.1, 0.15) is 12.4 Å². The van der Waals surface area contributed by atoms with Crippen LogP contribution in [0.3, 0.4) is 0 Å². The zero-order chi connectivity index (χ0) is 20.6. The van der Waals surface area contributed by atoms with Crippen molar-refractivity contribution in [2.75, 3.05) is 19.6 Å². The van der Waals surface area contributed by atoms with Crippen LogP contribution in [0.25, 0.3) is 0 Å². The van der Waals surface area contributed by atoms with Gasteiger partial charge in [-0.3, -0.25) is 14.4 Å². The van der Waals surface area contributed by atoms with Gasteiger partial charge in [-0.25, -0.2) is 4.39 Å². The molecule has 0 aromatic heterocycles. The summed E-state index contributed by atoms with van der Waals surface area (Å²) in [5, 5.41) is 2.40. The highest BCUT2D eigenvalue weighted by Gasteiger charge is 2.30. The second-order valence-corrected chi connectivity index (χ2v) is 6.86. The van der Waals surface area contributed by atoms with Gasteiger partial charge in [0.25, 0.3) is 11.8 Å². The molecule has 1 saturated heterocycles. The number of piperidine rings is 1. The first-order valence-corrected chi connectivity index (χ1v) is 9.61. The zero-order valence-corrected chi connectivity index (χ0v) is 16.0. The van der Waals surface area contributed by atoms with Gasteiger partial charge in [-0.1, -0.05) is 36.4 Å². The number of carbonyl (C=O) groups is 3. The third-order valence-electron chi connectivity index (χ3n) is 4.72. The normalized spacial score (nSPS) is 14.7. The molecule has 29 heavy (non-hydrogen) atoms. The summed E-state index contributed by atoms with van der Waals surface area (Å²) < 4.78 is 18.7. The molecule has 0 radical (unpaired) electrons. The van der Waals surface area contributed by atoms with Gasteiger partial charge in [0.15, 0.2) is 0 Å². The Kier molecular flexibility index (Phi) is 6.94. The predicted molar refractivity (Wildman–Crippen MR) is 104 cm³/mol. The third kappa shape index (κ3) is 5.63. The van der Waals surface area contributed by atoms with E-state index in [-0.39, 0.29) is 11.5 Å². The molecular weight excluding hydrogens is 375 g/mol. The van der Waals surface area contributed by atoms with Crippen LogP contribution in [-0.2, 0) is 14.3 Å². The summed E-state index contributed by atoms with van der Waals surface area (Å²) in [7, 11) is 0. The second kappa shape index (κ2) is 9.82. The van der Waals surface area contributed by atoms with Crippen LogP contribution < -0.4 is 5.32 Å². The molecular formula is C22H23FN2O4. The summed E-state index contributed by atoms with van der Waals surface area (Å²) in [6.07, 6.45) is 1.86. The number of esters is 1. The number of rotatable bonds is 6. The third-order valence-corrected chi connectivity index (χ3v) is 4.72. The smallest absolute Gasteiger partial charge is 0.326 e. The van der Waals surface area contributed by atoms with E-state index in [2.05, 4.69) is 5.32 Å². The average Bonchev–Trinajstić information content (AvgIpc) is 2.76. The highest BCUT2D eigenvalue weighted by atomic mass is 19.1. The predicted octanol–water partition coefficient (Wildman–Crippen LogP) is 2.85. The quantitative estimate of drug-likeness (QED) is 0.760. The lowest BCUT2D eigenvalue weighted by atomic mass is 10.1. The molecule has 152 valence electrons. The standard InChI is InChI=1S/C22H23FN2O4/c23-18-11-7-10-17(14-18)21(27)24-15-19(26)29-20(16-8-3-1-4-9-16)22(28)25-12-5-2-6-13-25/h1,3-4,7-11,14,20H,2,5-6,12-13,15H2,(H,24,27)/t20-/m1/s1. The Balaban J connectivity index is 1.64. The molecule has 0 saturated carbocycles. The van der Waals surface area contributed by atoms with Crippen molar-refractivity contribution >= 4 is 17.8 Å². The second-order valence-electron chi connectivity index (χ2n) is 6.86. The maximum atomic E-state index is 13.2. The van der Waals surface area contributed by atoms with Gasteiger partial charge in [0, 0.05) is 24.2 Å². The number of likely N-dealkylation sites (tertiary alicyclic amines) is 1. The molecule has 3 rings (SSSR count). The minimum Gasteiger partial charge on any atom is -0.446 e. The maximum absolute atomic E-state index is 13.2. The van der Waals surface area contributed by atoms with E-state index in [1.54, 1.807) is 29.2 Å². The Labute approximate surface area is 168 Å². The van der Waals surface area contributed by atoms with Crippen molar-refractivity contribution < 1.29 is 23.5 Å². The van der Waals surface area contributed by atoms with Gasteiger partial charge in [-0.15, -0.1) is 0 Å². The Morgan fingerprint density at radius 2 is 1.72 bits per heavy atom. The van der Waals surface area contributed by atoms with Crippen molar-refractivity contribution in [3.63, 3.8) is 0 Å². The molecule has 2 aromatic carbocycles. The van der Waals surface area contributed by atoms with Gasteiger partial charge in [0.2, 0.25) is 6.10 Å². The van der Waals surface area contributed by atoms with Crippen LogP contribution in [0, 0.1) is 5.82 Å². The van der Waals surface area contributed by atoms with Crippen molar-refractivity contribution in [3.05, 3.63) is 71.5 Å². The maximum Gasteiger partial charge on any atom is 0.326 e. The molecule has 1 atom stereocenters. The number of amides is 2. The minimum atomic E-state index is -1.06. The summed E-state index contributed by atoms with van der Waals surface area (Å²) in [6, 6.07) is 14.0. The zero-order valence-electron chi connectivity index (χ0n) is 16.0. The number of ether oxygens (including phenoxy) is 1. The number of hydrogen-bond donors (Lipinski definition) is 1. The van der Waals surface area contributed by atoms with Crippen molar-refractivity contribution in [2.45, 2.75) is 25.4 Å². The summed E-state index contributed by atoms with van der Waals surface area (Å²) >= 11 is 0. The fourth-order valence-electron chi connectivity index (χ4n) is 3.23. The van der Waals surface area contributed by atoms with Crippen LogP contribution in [0.1, 0.15) is 41.3 Å². The highest BCUT2D eigenvalue weighted by Crippen LogP contribution is 2.22. The van der Waals surface area contributed by atoms with E-state index in [0.29, 0.717) is 18.7 Å². The van der Waals surface area contributed by atoms with E-state index in [9.17, 15) is 18.8 Å². The van der Waals surface area contributed by atoms with Gasteiger partial charge < -0.3 is 15.0 Å². The van der Waals surface area contributed by atoms with Gasteiger partial charge in [-0.05, 0) is 37.5 Å². The number of benzene rings is 2. The van der Waals surface area contributed by atoms with Crippen LogP contribution in [-0.4, -0.2) is 42.3 Å². The lowest BCUT2D eigenvalue weighted by Crippen LogP contribution is -2.41. The summed E-state index contributed by atoms with van der Waals surface area (Å²) in [6.45, 7) is 0.845. The molecule has 1 N–H and O–H groups in total. The summed E-state index contributed by atoms with van der Waals surface area (Å²) in [5.74, 6) is -2.15. The van der Waals surface area contributed by atoms with Gasteiger partial charge >= 0.3 is 5.97 Å². The lowest BCUT2D eigenvalue weighted by molar-refractivity contribution is -0.160. The Morgan fingerprint density at radius 3 is 2.41 bits per heavy atom. The number of carbonyl (C=O) groups excluding carboxylic acids is 3. The Hall–Kier alpha value is -3.22. The lowest BCUT2D eigenvalue weighted by Gasteiger charge is -2.30. The molecule has 0 aliphatic carbocycles. The van der Waals surface area contributed by atoms with Crippen LogP contribution in [0.4, 0.5) is 4.39 Å². The first-order valence-electron chi connectivity index (χ1n) is 9.61. The van der Waals surface area contributed by atoms with Crippen LogP contribution >= 0.6 is 0 Å². The van der Waals surface area contributed by atoms with Crippen molar-refractivity contribution in [1.29, 1.82) is 0 Å². The number of hydrogen-bond acceptors (Lipinski definition) is 4. The monoisotopic (exact) mass is 398 g/mol. The molecule has 1 aliphatic rings.